The van der Waals surface area contributed by atoms with Crippen molar-refractivity contribution in [2.45, 2.75) is 32.6 Å². The quantitative estimate of drug-likeness (QED) is 0.755. The molecule has 0 N–H and O–H groups in total. The first-order valence-electron chi connectivity index (χ1n) is 6.60. The van der Waals surface area contributed by atoms with E-state index >= 15 is 0 Å². The third kappa shape index (κ3) is 3.00. The molecule has 96 valence electrons. The van der Waals surface area contributed by atoms with E-state index in [1.165, 1.54) is 0 Å². The van der Waals surface area contributed by atoms with Crippen molar-refractivity contribution < 1.29 is 9.53 Å². The van der Waals surface area contributed by atoms with Crippen LogP contribution in [0.5, 0.6) is 5.75 Å². The number of allylic oxidation sites excluding steroid dienone is 1. The maximum atomic E-state index is 11.9. The van der Waals surface area contributed by atoms with Crippen molar-refractivity contribution in [2.24, 2.45) is 5.92 Å². The van der Waals surface area contributed by atoms with E-state index in [1.54, 1.807) is 7.11 Å². The van der Waals surface area contributed by atoms with Crippen LogP contribution < -0.4 is 4.74 Å². The molecule has 0 radical (unpaired) electrons. The molecule has 1 aromatic rings. The Kier molecular flexibility index (Phi) is 4.19. The van der Waals surface area contributed by atoms with E-state index in [0.29, 0.717) is 18.1 Å². The summed E-state index contributed by atoms with van der Waals surface area (Å²) in [7, 11) is 1.66. The molecule has 2 heteroatoms. The minimum Gasteiger partial charge on any atom is -0.497 e. The highest BCUT2D eigenvalue weighted by molar-refractivity contribution is 6.00. The molecule has 2 nitrogen and oxygen atoms in total. The van der Waals surface area contributed by atoms with Gasteiger partial charge in [-0.2, -0.15) is 0 Å². The molecule has 1 aliphatic carbocycles. The number of ketones is 1. The van der Waals surface area contributed by atoms with Gasteiger partial charge in [0.05, 0.1) is 7.11 Å². The molecule has 18 heavy (non-hydrogen) atoms. The molecule has 0 aromatic heterocycles. The predicted molar refractivity (Wildman–Crippen MR) is 73.6 cm³/mol. The maximum absolute atomic E-state index is 11.9. The lowest BCUT2D eigenvalue weighted by Crippen LogP contribution is -2.16. The van der Waals surface area contributed by atoms with Crippen LogP contribution in [0.3, 0.4) is 0 Å². The first-order valence-corrected chi connectivity index (χ1v) is 6.60. The van der Waals surface area contributed by atoms with Gasteiger partial charge in [0.1, 0.15) is 5.75 Å². The van der Waals surface area contributed by atoms with Crippen molar-refractivity contribution >= 4 is 11.9 Å². The number of carbonyl (C=O) groups excluding carboxylic acids is 1. The Morgan fingerprint density at radius 2 is 2.06 bits per heavy atom. The monoisotopic (exact) mass is 244 g/mol. The Bertz CT molecular complexity index is 443. The van der Waals surface area contributed by atoms with E-state index in [4.69, 9.17) is 4.74 Å². The second kappa shape index (κ2) is 5.85. The van der Waals surface area contributed by atoms with E-state index in [2.05, 4.69) is 6.92 Å². The minimum absolute atomic E-state index is 0.315. The second-order valence-electron chi connectivity index (χ2n) is 4.88. The largest absolute Gasteiger partial charge is 0.497 e. The summed E-state index contributed by atoms with van der Waals surface area (Å²) in [6.45, 7) is 2.20. The molecule has 1 atom stereocenters. The van der Waals surface area contributed by atoms with Gasteiger partial charge in [0.15, 0.2) is 5.78 Å². The van der Waals surface area contributed by atoms with Crippen LogP contribution in [0.1, 0.15) is 38.2 Å². The molecule has 0 aliphatic heterocycles. The summed E-state index contributed by atoms with van der Waals surface area (Å²) >= 11 is 0. The van der Waals surface area contributed by atoms with Crippen LogP contribution in [0, 0.1) is 5.92 Å². The predicted octanol–water partition coefficient (Wildman–Crippen LogP) is 3.86. The Balaban J connectivity index is 2.16. The third-order valence-electron chi connectivity index (χ3n) is 3.68. The minimum atomic E-state index is 0.315. The molecule has 1 unspecified atom stereocenters. The average Bonchev–Trinajstić information content (AvgIpc) is 2.42. The fourth-order valence-corrected chi connectivity index (χ4v) is 2.41. The highest BCUT2D eigenvalue weighted by Crippen LogP contribution is 2.29. The van der Waals surface area contributed by atoms with E-state index < -0.39 is 0 Å². The Morgan fingerprint density at radius 1 is 1.33 bits per heavy atom. The van der Waals surface area contributed by atoms with Gasteiger partial charge in [0, 0.05) is 6.42 Å². The van der Waals surface area contributed by atoms with Gasteiger partial charge in [-0.25, -0.2) is 0 Å². The van der Waals surface area contributed by atoms with Gasteiger partial charge in [-0.05, 0) is 48.1 Å². The van der Waals surface area contributed by atoms with Crippen molar-refractivity contribution in [3.8, 4) is 5.75 Å². The van der Waals surface area contributed by atoms with Crippen molar-refractivity contribution in [3.63, 3.8) is 0 Å². The average molecular weight is 244 g/mol. The highest BCUT2D eigenvalue weighted by Gasteiger charge is 2.21. The molecule has 0 saturated heterocycles. The van der Waals surface area contributed by atoms with Gasteiger partial charge in [-0.3, -0.25) is 4.79 Å². The zero-order valence-corrected chi connectivity index (χ0v) is 11.1. The number of methoxy groups -OCH3 is 1. The fraction of sp³-hybridized carbons (Fsp3) is 0.438. The summed E-state index contributed by atoms with van der Waals surface area (Å²) < 4.78 is 5.13. The summed E-state index contributed by atoms with van der Waals surface area (Å²) in [4.78, 5) is 11.9. The van der Waals surface area contributed by atoms with Crippen molar-refractivity contribution in [2.75, 3.05) is 7.11 Å². The lowest BCUT2D eigenvalue weighted by Gasteiger charge is -2.21. The van der Waals surface area contributed by atoms with E-state index in [9.17, 15) is 4.79 Å². The second-order valence-corrected chi connectivity index (χ2v) is 4.88. The van der Waals surface area contributed by atoms with Crippen molar-refractivity contribution in [1.82, 2.24) is 0 Å². The van der Waals surface area contributed by atoms with Crippen LogP contribution in [0.15, 0.2) is 29.8 Å². The molecule has 1 saturated carbocycles. The molecular weight excluding hydrogens is 224 g/mol. The number of Topliss-reactive ketones (excluding diaryl/α,β-unsaturated/α-hetero) is 1. The zero-order valence-electron chi connectivity index (χ0n) is 11.1. The number of hydrogen-bond acceptors (Lipinski definition) is 2. The van der Waals surface area contributed by atoms with Gasteiger partial charge in [0.2, 0.25) is 0 Å². The first kappa shape index (κ1) is 12.9. The number of rotatable bonds is 3. The fourth-order valence-electron chi connectivity index (χ4n) is 2.41. The topological polar surface area (TPSA) is 26.3 Å². The van der Waals surface area contributed by atoms with E-state index in [0.717, 1.165) is 36.1 Å². The van der Waals surface area contributed by atoms with Gasteiger partial charge in [-0.1, -0.05) is 25.5 Å². The molecule has 0 amide bonds. The van der Waals surface area contributed by atoms with E-state index in [-0.39, 0.29) is 0 Å². The van der Waals surface area contributed by atoms with Gasteiger partial charge >= 0.3 is 0 Å². The molecule has 1 aliphatic rings. The molecular formula is C16H20O2. The maximum Gasteiger partial charge on any atom is 0.158 e. The summed E-state index contributed by atoms with van der Waals surface area (Å²) in [5.41, 5.74) is 2.06. The first-order chi connectivity index (χ1) is 8.72. The Morgan fingerprint density at radius 3 is 2.67 bits per heavy atom. The normalized spacial score (nSPS) is 22.2. The molecule has 1 aromatic carbocycles. The Labute approximate surface area is 109 Å². The summed E-state index contributed by atoms with van der Waals surface area (Å²) in [5.74, 6) is 1.83. The number of carbonyl (C=O) groups is 1. The smallest absolute Gasteiger partial charge is 0.158 e. The molecule has 2 rings (SSSR count). The van der Waals surface area contributed by atoms with Gasteiger partial charge in [0.25, 0.3) is 0 Å². The molecule has 1 fully saturated rings. The van der Waals surface area contributed by atoms with Gasteiger partial charge in [-0.15, -0.1) is 0 Å². The number of benzene rings is 1. The van der Waals surface area contributed by atoms with Crippen LogP contribution in [0.25, 0.3) is 6.08 Å². The summed E-state index contributed by atoms with van der Waals surface area (Å²) in [5, 5.41) is 0. The standard InChI is InChI=1S/C16H20O2/c1-3-12-6-9-16(17)14(10-12)11-13-4-7-15(18-2)8-5-13/h4-5,7-8,11-12H,3,6,9-10H2,1-2H3/b14-11-. The van der Waals surface area contributed by atoms with Gasteiger partial charge < -0.3 is 4.74 Å². The van der Waals surface area contributed by atoms with E-state index in [1.807, 2.05) is 30.3 Å². The van der Waals surface area contributed by atoms with Crippen molar-refractivity contribution in [1.29, 1.82) is 0 Å². The lowest BCUT2D eigenvalue weighted by molar-refractivity contribution is -0.116. The van der Waals surface area contributed by atoms with Crippen LogP contribution >= 0.6 is 0 Å². The van der Waals surface area contributed by atoms with Crippen LogP contribution in [0.2, 0.25) is 0 Å². The lowest BCUT2D eigenvalue weighted by atomic mass is 9.82. The Hall–Kier alpha value is -1.57. The highest BCUT2D eigenvalue weighted by atomic mass is 16.5. The third-order valence-corrected chi connectivity index (χ3v) is 3.68. The molecule has 0 spiro atoms. The molecule has 0 bridgehead atoms. The number of ether oxygens (including phenoxy) is 1. The molecule has 0 heterocycles. The number of hydrogen-bond donors (Lipinski definition) is 0. The SMILES string of the molecule is CCC1CCC(=O)/C(=C\c2ccc(OC)cc2)C1. The zero-order chi connectivity index (χ0) is 13.0. The summed E-state index contributed by atoms with van der Waals surface area (Å²) in [6, 6.07) is 7.84. The van der Waals surface area contributed by atoms with Crippen LogP contribution in [0.4, 0.5) is 0 Å². The van der Waals surface area contributed by atoms with Crippen LogP contribution in [-0.4, -0.2) is 12.9 Å². The van der Waals surface area contributed by atoms with Crippen LogP contribution in [-0.2, 0) is 4.79 Å². The summed E-state index contributed by atoms with van der Waals surface area (Å²) in [6.07, 6.45) is 5.88. The van der Waals surface area contributed by atoms with Crippen molar-refractivity contribution in [3.05, 3.63) is 35.4 Å².